The molecular weight excluding hydrogens is 646 g/mol. The fourth-order valence-electron chi connectivity index (χ4n) is 4.63. The summed E-state index contributed by atoms with van der Waals surface area (Å²) in [5.41, 5.74) is 2.82. The average Bonchev–Trinajstić information content (AvgIpc) is 3.12. The van der Waals surface area contributed by atoms with Crippen molar-refractivity contribution in [2.45, 2.75) is 10.1 Å². The Morgan fingerprint density at radius 1 is 0.750 bits per heavy atom. The van der Waals surface area contributed by atoms with Crippen molar-refractivity contribution in [3.8, 4) is 0 Å². The second kappa shape index (κ2) is 16.3. The van der Waals surface area contributed by atoms with E-state index in [1.54, 1.807) is 103 Å². The summed E-state index contributed by atoms with van der Waals surface area (Å²) in [4.78, 5) is 53.4. The topological polar surface area (TPSA) is 114 Å². The van der Waals surface area contributed by atoms with Gasteiger partial charge in [-0.3, -0.25) is 14.4 Å². The number of halogens is 1. The third kappa shape index (κ3) is 9.00. The first-order chi connectivity index (χ1) is 23.3. The van der Waals surface area contributed by atoms with Crippen molar-refractivity contribution < 1.29 is 23.9 Å². The van der Waals surface area contributed by atoms with E-state index in [0.717, 1.165) is 5.56 Å². The maximum atomic E-state index is 13.7. The van der Waals surface area contributed by atoms with Gasteiger partial charge in [-0.1, -0.05) is 90.5 Å². The molecular formula is C38H30ClN3O5S. The summed E-state index contributed by atoms with van der Waals surface area (Å²) in [5, 5.41) is 8.29. The molecule has 0 saturated carbocycles. The van der Waals surface area contributed by atoms with Crippen LogP contribution in [0.15, 0.2) is 144 Å². The molecule has 48 heavy (non-hydrogen) atoms. The van der Waals surface area contributed by atoms with Gasteiger partial charge < -0.3 is 20.7 Å². The van der Waals surface area contributed by atoms with Crippen LogP contribution in [-0.2, 0) is 14.3 Å². The number of hydrogen-bond acceptors (Lipinski definition) is 6. The highest BCUT2D eigenvalue weighted by Gasteiger charge is 2.24. The third-order valence-corrected chi connectivity index (χ3v) is 8.49. The quantitative estimate of drug-likeness (QED) is 0.0743. The second-order valence-electron chi connectivity index (χ2n) is 10.3. The van der Waals surface area contributed by atoms with Gasteiger partial charge in [0.1, 0.15) is 10.9 Å². The zero-order chi connectivity index (χ0) is 33.9. The van der Waals surface area contributed by atoms with E-state index in [1.165, 1.54) is 18.9 Å². The van der Waals surface area contributed by atoms with Crippen LogP contribution in [0.4, 0.5) is 11.4 Å². The van der Waals surface area contributed by atoms with Crippen molar-refractivity contribution in [3.05, 3.63) is 166 Å². The smallest absolute Gasteiger partial charge is 0.339 e. The van der Waals surface area contributed by atoms with Crippen LogP contribution in [0.5, 0.6) is 0 Å². The highest BCUT2D eigenvalue weighted by molar-refractivity contribution is 8.00. The minimum absolute atomic E-state index is 0.0232. The van der Waals surface area contributed by atoms with Crippen LogP contribution in [0.1, 0.15) is 37.1 Å². The predicted octanol–water partition coefficient (Wildman–Crippen LogP) is 8.01. The summed E-state index contributed by atoms with van der Waals surface area (Å²) in [6.45, 7) is 0. The Kier molecular flexibility index (Phi) is 11.4. The predicted molar refractivity (Wildman–Crippen MR) is 190 cm³/mol. The first kappa shape index (κ1) is 33.7. The largest absolute Gasteiger partial charge is 0.465 e. The van der Waals surface area contributed by atoms with Crippen molar-refractivity contribution in [2.75, 3.05) is 17.7 Å². The maximum absolute atomic E-state index is 13.7. The molecule has 5 aromatic carbocycles. The first-order valence-electron chi connectivity index (χ1n) is 14.8. The molecule has 240 valence electrons. The molecule has 1 atom stereocenters. The van der Waals surface area contributed by atoms with E-state index in [0.29, 0.717) is 32.4 Å². The molecule has 0 fully saturated rings. The Hall–Kier alpha value is -5.64. The number of amides is 3. The number of para-hydroxylation sites is 1. The third-order valence-electron chi connectivity index (χ3n) is 6.99. The van der Waals surface area contributed by atoms with Crippen LogP contribution in [0.3, 0.4) is 0 Å². The SMILES string of the molecule is COC(=O)c1ccccc1NC(=O)C(Sc1cccc(NC(=O)/C(=C\c2ccc(Cl)cc2)NC(=O)c2ccccc2)c1)c1ccccc1. The molecule has 0 aromatic heterocycles. The monoisotopic (exact) mass is 675 g/mol. The standard InChI is InChI=1S/C38H30ClN3O5S/c1-47-38(46)31-17-8-9-18-32(31)41-37(45)34(26-11-4-2-5-12-26)48-30-16-10-15-29(24-30)40-36(44)33(23-25-19-21-28(39)22-20-25)42-35(43)27-13-6-3-7-14-27/h2-24,34H,1H3,(H,40,44)(H,41,45)(H,42,43)/b33-23+. The molecule has 3 amide bonds. The molecule has 0 aliphatic heterocycles. The van der Waals surface area contributed by atoms with Crippen LogP contribution >= 0.6 is 23.4 Å². The molecule has 10 heteroatoms. The molecule has 1 unspecified atom stereocenters. The van der Waals surface area contributed by atoms with E-state index >= 15 is 0 Å². The minimum atomic E-state index is -0.714. The average molecular weight is 676 g/mol. The number of thioether (sulfide) groups is 1. The number of hydrogen-bond donors (Lipinski definition) is 3. The van der Waals surface area contributed by atoms with Crippen molar-refractivity contribution in [3.63, 3.8) is 0 Å². The summed E-state index contributed by atoms with van der Waals surface area (Å²) in [7, 11) is 1.28. The van der Waals surface area contributed by atoms with E-state index in [2.05, 4.69) is 16.0 Å². The fourth-order valence-corrected chi connectivity index (χ4v) is 5.84. The highest BCUT2D eigenvalue weighted by Crippen LogP contribution is 2.37. The highest BCUT2D eigenvalue weighted by atomic mass is 35.5. The molecule has 0 spiro atoms. The molecule has 5 rings (SSSR count). The summed E-state index contributed by atoms with van der Waals surface area (Å²) < 4.78 is 4.88. The number of rotatable bonds is 11. The molecule has 5 aromatic rings. The van der Waals surface area contributed by atoms with Gasteiger partial charge in [0.2, 0.25) is 5.91 Å². The molecule has 3 N–H and O–H groups in total. The molecule has 0 bridgehead atoms. The number of anilines is 2. The van der Waals surface area contributed by atoms with E-state index in [1.807, 2.05) is 36.4 Å². The fraction of sp³-hybridized carbons (Fsp3) is 0.0526. The van der Waals surface area contributed by atoms with Gasteiger partial charge in [0, 0.05) is 21.2 Å². The Bertz CT molecular complexity index is 1950. The zero-order valence-corrected chi connectivity index (χ0v) is 27.3. The zero-order valence-electron chi connectivity index (χ0n) is 25.7. The van der Waals surface area contributed by atoms with Crippen molar-refractivity contribution in [2.24, 2.45) is 0 Å². The van der Waals surface area contributed by atoms with Crippen LogP contribution < -0.4 is 16.0 Å². The number of carbonyl (C=O) groups excluding carboxylic acids is 4. The van der Waals surface area contributed by atoms with Crippen LogP contribution in [0, 0.1) is 0 Å². The first-order valence-corrected chi connectivity index (χ1v) is 16.0. The summed E-state index contributed by atoms with van der Waals surface area (Å²) in [6.07, 6.45) is 1.56. The van der Waals surface area contributed by atoms with Gasteiger partial charge in [-0.15, -0.1) is 11.8 Å². The van der Waals surface area contributed by atoms with E-state index in [4.69, 9.17) is 16.3 Å². The number of carbonyl (C=O) groups is 4. The van der Waals surface area contributed by atoms with Gasteiger partial charge in [0.15, 0.2) is 0 Å². The lowest BCUT2D eigenvalue weighted by atomic mass is 10.1. The number of ether oxygens (including phenoxy) is 1. The summed E-state index contributed by atoms with van der Waals surface area (Å²) in [6, 6.07) is 38.3. The molecule has 0 heterocycles. The van der Waals surface area contributed by atoms with Gasteiger partial charge in [-0.25, -0.2) is 4.79 Å². The van der Waals surface area contributed by atoms with Gasteiger partial charge in [-0.2, -0.15) is 0 Å². The maximum Gasteiger partial charge on any atom is 0.339 e. The Morgan fingerprint density at radius 3 is 2.12 bits per heavy atom. The summed E-state index contributed by atoms with van der Waals surface area (Å²) >= 11 is 7.32. The lowest BCUT2D eigenvalue weighted by Gasteiger charge is -2.19. The molecule has 0 radical (unpaired) electrons. The second-order valence-corrected chi connectivity index (χ2v) is 12.0. The van der Waals surface area contributed by atoms with E-state index < -0.39 is 23.0 Å². The van der Waals surface area contributed by atoms with Crippen molar-refractivity contribution >= 4 is 64.5 Å². The van der Waals surface area contributed by atoms with Gasteiger partial charge >= 0.3 is 5.97 Å². The lowest BCUT2D eigenvalue weighted by Crippen LogP contribution is -2.30. The molecule has 0 saturated heterocycles. The van der Waals surface area contributed by atoms with Gasteiger partial charge in [0.05, 0.1) is 18.4 Å². The molecule has 8 nitrogen and oxygen atoms in total. The van der Waals surface area contributed by atoms with Crippen LogP contribution in [0.25, 0.3) is 6.08 Å². The number of benzene rings is 5. The minimum Gasteiger partial charge on any atom is -0.465 e. The Balaban J connectivity index is 1.38. The van der Waals surface area contributed by atoms with Crippen LogP contribution in [0.2, 0.25) is 5.02 Å². The number of esters is 1. The van der Waals surface area contributed by atoms with Crippen molar-refractivity contribution in [1.29, 1.82) is 0 Å². The summed E-state index contributed by atoms with van der Waals surface area (Å²) in [5.74, 6) is -1.91. The van der Waals surface area contributed by atoms with E-state index in [9.17, 15) is 19.2 Å². The number of methoxy groups -OCH3 is 1. The molecule has 0 aliphatic carbocycles. The van der Waals surface area contributed by atoms with Gasteiger partial charge in [0.25, 0.3) is 11.8 Å². The van der Waals surface area contributed by atoms with E-state index in [-0.39, 0.29) is 17.2 Å². The van der Waals surface area contributed by atoms with Crippen molar-refractivity contribution in [1.82, 2.24) is 5.32 Å². The lowest BCUT2D eigenvalue weighted by molar-refractivity contribution is -0.116. The van der Waals surface area contributed by atoms with Crippen LogP contribution in [-0.4, -0.2) is 30.8 Å². The van der Waals surface area contributed by atoms with Gasteiger partial charge in [-0.05, 0) is 71.8 Å². The Morgan fingerprint density at radius 2 is 1.42 bits per heavy atom. The molecule has 0 aliphatic rings. The Labute approximate surface area is 287 Å². The normalized spacial score (nSPS) is 11.6. The number of nitrogens with one attached hydrogen (secondary N) is 3.